The Bertz CT molecular complexity index is 2370. The molecule has 0 bridgehead atoms. The van der Waals surface area contributed by atoms with Crippen molar-refractivity contribution in [3.8, 4) is 0 Å². The summed E-state index contributed by atoms with van der Waals surface area (Å²) in [4.78, 5) is 153. The number of hydrogen-bond donors (Lipinski definition) is 13. The fourth-order valence-corrected chi connectivity index (χ4v) is 10.0. The zero-order valence-electron chi connectivity index (χ0n) is 40.3. The van der Waals surface area contributed by atoms with E-state index in [9.17, 15) is 52.7 Å². The second kappa shape index (κ2) is 29.9. The van der Waals surface area contributed by atoms with Crippen LogP contribution < -0.4 is 65.9 Å². The van der Waals surface area contributed by atoms with Gasteiger partial charge in [0.05, 0.1) is 12.5 Å². The van der Waals surface area contributed by atoms with Crippen LogP contribution in [0.3, 0.4) is 0 Å². The summed E-state index contributed by atoms with van der Waals surface area (Å²) in [5.74, 6) is -10.9. The molecule has 2 aliphatic heterocycles. The number of nitrogens with one attached hydrogen (secondary N) is 7. The minimum absolute atomic E-state index is 0.00179. The quantitative estimate of drug-likeness (QED) is 0.0273. The van der Waals surface area contributed by atoms with E-state index in [2.05, 4.69) is 42.2 Å². The smallest absolute Gasteiger partial charge is 0.322 e. The van der Waals surface area contributed by atoms with Crippen LogP contribution in [0, 0.1) is 0 Å². The number of carbonyl (C=O) groups is 11. The van der Waals surface area contributed by atoms with Crippen molar-refractivity contribution in [2.45, 2.75) is 106 Å². The molecule has 0 radical (unpaired) electrons. The molecule has 74 heavy (non-hydrogen) atoms. The Morgan fingerprint density at radius 2 is 1.26 bits per heavy atom. The van der Waals surface area contributed by atoms with Crippen LogP contribution in [0.1, 0.15) is 56.1 Å². The normalized spacial score (nSPS) is 22.7. The lowest BCUT2D eigenvalue weighted by Crippen LogP contribution is -2.61. The molecule has 0 unspecified atom stereocenters. The molecule has 0 saturated carbocycles. The number of nitrogens with zero attached hydrogens (tertiary/aromatic N) is 2. The SMILES string of the molecule is NC(=O)CC[C@@H]1NC(=O)[C@H](Cc2ccccc2)NC(=O)[C@H](Cc2ccccc2)NC(=O)[C@@H](N)CSSC[C@@H](C(=O)N2CCC[C@H]2C(=O)N[C@@H](CCCN=C(N)N)C(=O)NCC(=O)O)NC(=O)[C@H](CC(N)=O)NC1=O. The molecule has 2 fully saturated rings. The number of amides is 10. The molecule has 4 rings (SSSR count). The minimum atomic E-state index is -1.79. The molecule has 2 aromatic carbocycles. The summed E-state index contributed by atoms with van der Waals surface area (Å²) in [5, 5.41) is 26.8. The maximum atomic E-state index is 14.6. The Morgan fingerprint density at radius 3 is 1.82 bits per heavy atom. The highest BCUT2D eigenvalue weighted by Crippen LogP contribution is 2.26. The predicted molar refractivity (Wildman–Crippen MR) is 272 cm³/mol. The summed E-state index contributed by atoms with van der Waals surface area (Å²) >= 11 is 0. The van der Waals surface area contributed by atoms with Gasteiger partial charge in [-0.05, 0) is 43.2 Å². The summed E-state index contributed by atoms with van der Waals surface area (Å²) in [6, 6.07) is 5.91. The van der Waals surface area contributed by atoms with Crippen molar-refractivity contribution in [3.63, 3.8) is 0 Å². The van der Waals surface area contributed by atoms with E-state index < -0.39 is 139 Å². The second-order valence-electron chi connectivity index (χ2n) is 17.3. The molecule has 0 aromatic heterocycles. The standard InChI is InChI=1S/C46H64N14O12S2/c47-27-23-73-74-24-33(45(72)60-18-8-14-34(60)44(71)55-28(13-7-17-52-46(50)51)39(66)53-22-37(63)64)59-43(70)32(21-36(49)62)58-40(67)29(15-16-35(48)61)54-41(68)31(20-26-11-5-2-6-12-26)57-42(69)30(56-38(27)65)19-25-9-3-1-4-10-25/h1-6,9-12,27-34H,7-8,13-24,47H2,(H2,48,61)(H2,49,62)(H,53,66)(H,54,68)(H,55,71)(H,56,65)(H,57,69)(H,58,67)(H,59,70)(H,63,64)(H4,50,51,52)/t27-,28-,29-,30-,31-,32-,33-,34-/m0/s1. The Kier molecular flexibility index (Phi) is 23.9. The zero-order chi connectivity index (χ0) is 54.3. The number of aliphatic carboxylic acids is 1. The van der Waals surface area contributed by atoms with Crippen LogP contribution in [0.5, 0.6) is 0 Å². The molecule has 2 aromatic rings. The number of likely N-dealkylation sites (tertiary alicyclic amines) is 1. The number of rotatable bonds is 19. The van der Waals surface area contributed by atoms with Crippen LogP contribution in [0.2, 0.25) is 0 Å². The molecule has 402 valence electrons. The van der Waals surface area contributed by atoms with Gasteiger partial charge in [0.15, 0.2) is 5.96 Å². The average molecular weight is 1070 g/mol. The third-order valence-electron chi connectivity index (χ3n) is 11.5. The third-order valence-corrected chi connectivity index (χ3v) is 14.0. The first-order valence-corrected chi connectivity index (χ1v) is 26.0. The van der Waals surface area contributed by atoms with Crippen LogP contribution in [0.25, 0.3) is 0 Å². The number of carboxylic acids is 1. The Morgan fingerprint density at radius 1 is 0.716 bits per heavy atom. The number of guanidine groups is 1. The Balaban J connectivity index is 1.70. The molecule has 2 heterocycles. The van der Waals surface area contributed by atoms with E-state index in [1.165, 1.54) is 4.90 Å². The topological polar surface area (TPSA) is 438 Å². The largest absolute Gasteiger partial charge is 0.480 e. The molecular formula is C46H64N14O12S2. The van der Waals surface area contributed by atoms with Crippen LogP contribution in [-0.4, -0.2) is 160 Å². The Labute approximate surface area is 433 Å². The minimum Gasteiger partial charge on any atom is -0.480 e. The van der Waals surface area contributed by atoms with Gasteiger partial charge in [-0.15, -0.1) is 0 Å². The number of benzene rings is 2. The van der Waals surface area contributed by atoms with Gasteiger partial charge >= 0.3 is 5.97 Å². The molecule has 26 nitrogen and oxygen atoms in total. The van der Waals surface area contributed by atoms with Crippen molar-refractivity contribution >= 4 is 92.6 Å². The van der Waals surface area contributed by atoms with Crippen molar-refractivity contribution in [1.29, 1.82) is 0 Å². The lowest BCUT2D eigenvalue weighted by atomic mass is 10.0. The van der Waals surface area contributed by atoms with Gasteiger partial charge < -0.3 is 75.9 Å². The average Bonchev–Trinajstić information content (AvgIpc) is 3.86. The summed E-state index contributed by atoms with van der Waals surface area (Å²) in [6.45, 7) is -0.679. The number of nitrogens with two attached hydrogens (primary N) is 5. The van der Waals surface area contributed by atoms with E-state index in [4.69, 9.17) is 33.8 Å². The van der Waals surface area contributed by atoms with E-state index in [0.717, 1.165) is 21.6 Å². The van der Waals surface area contributed by atoms with E-state index in [-0.39, 0.29) is 62.7 Å². The van der Waals surface area contributed by atoms with Crippen LogP contribution >= 0.6 is 21.6 Å². The lowest BCUT2D eigenvalue weighted by Gasteiger charge is -2.31. The summed E-state index contributed by atoms with van der Waals surface area (Å²) in [7, 11) is 2.02. The van der Waals surface area contributed by atoms with Crippen molar-refractivity contribution in [2.24, 2.45) is 33.7 Å². The van der Waals surface area contributed by atoms with E-state index in [1.807, 2.05) is 0 Å². The van der Waals surface area contributed by atoms with Gasteiger partial charge in [-0.1, -0.05) is 82.3 Å². The number of hydrogen-bond acceptors (Lipinski definition) is 15. The molecule has 0 spiro atoms. The van der Waals surface area contributed by atoms with Gasteiger partial charge in [0.2, 0.25) is 59.1 Å². The lowest BCUT2D eigenvalue weighted by molar-refractivity contribution is -0.142. The number of primary amides is 2. The monoisotopic (exact) mass is 1070 g/mol. The maximum absolute atomic E-state index is 14.6. The van der Waals surface area contributed by atoms with Gasteiger partial charge in [-0.25, -0.2) is 0 Å². The predicted octanol–water partition coefficient (Wildman–Crippen LogP) is -4.51. The molecule has 28 heteroatoms. The summed E-state index contributed by atoms with van der Waals surface area (Å²) < 4.78 is 0. The van der Waals surface area contributed by atoms with E-state index >= 15 is 0 Å². The van der Waals surface area contributed by atoms with Gasteiger partial charge in [0.1, 0.15) is 48.8 Å². The molecule has 8 atom stereocenters. The van der Waals surface area contributed by atoms with Gasteiger partial charge in [0, 0.05) is 43.9 Å². The first-order chi connectivity index (χ1) is 35.2. The highest BCUT2D eigenvalue weighted by molar-refractivity contribution is 8.76. The highest BCUT2D eigenvalue weighted by Gasteiger charge is 2.40. The second-order valence-corrected chi connectivity index (χ2v) is 19.9. The molecule has 2 saturated heterocycles. The molecule has 2 aliphatic rings. The van der Waals surface area contributed by atoms with Gasteiger partial charge in [-0.2, -0.15) is 0 Å². The maximum Gasteiger partial charge on any atom is 0.322 e. The highest BCUT2D eigenvalue weighted by atomic mass is 33.1. The third kappa shape index (κ3) is 19.9. The van der Waals surface area contributed by atoms with Crippen molar-refractivity contribution in [3.05, 3.63) is 71.8 Å². The molecule has 18 N–H and O–H groups in total. The van der Waals surface area contributed by atoms with Crippen molar-refractivity contribution in [1.82, 2.24) is 42.1 Å². The first-order valence-electron chi connectivity index (χ1n) is 23.5. The molecular weight excluding hydrogens is 1000 g/mol. The van der Waals surface area contributed by atoms with Crippen molar-refractivity contribution in [2.75, 3.05) is 31.1 Å². The fourth-order valence-electron chi connectivity index (χ4n) is 7.77. The summed E-state index contributed by atoms with van der Waals surface area (Å²) in [5.41, 5.74) is 29.4. The van der Waals surface area contributed by atoms with Crippen LogP contribution in [0.15, 0.2) is 65.7 Å². The van der Waals surface area contributed by atoms with Crippen molar-refractivity contribution < 1.29 is 57.8 Å². The Hall–Kier alpha value is -7.46. The molecule has 10 amide bonds. The number of carbonyl (C=O) groups excluding carboxylic acids is 10. The van der Waals surface area contributed by atoms with Crippen LogP contribution in [-0.2, 0) is 65.6 Å². The first kappa shape index (κ1) is 59.1. The van der Waals surface area contributed by atoms with Crippen LogP contribution in [0.4, 0.5) is 0 Å². The zero-order valence-corrected chi connectivity index (χ0v) is 42.0. The van der Waals surface area contributed by atoms with Gasteiger partial charge in [-0.3, -0.25) is 57.7 Å². The number of aliphatic imine (C=N–C) groups is 1. The molecule has 0 aliphatic carbocycles. The fraction of sp³-hybridized carbons (Fsp3) is 0.478. The van der Waals surface area contributed by atoms with Gasteiger partial charge in [0.25, 0.3) is 0 Å². The number of carboxylic acid groups (broad SMARTS) is 1. The summed E-state index contributed by atoms with van der Waals surface area (Å²) in [6.07, 6.45) is -1.28. The van der Waals surface area contributed by atoms with E-state index in [0.29, 0.717) is 17.5 Å². The van der Waals surface area contributed by atoms with E-state index in [1.54, 1.807) is 60.7 Å².